The zero-order valence-corrected chi connectivity index (χ0v) is 7.69. The second-order valence-electron chi connectivity index (χ2n) is 3.01. The van der Waals surface area contributed by atoms with E-state index in [2.05, 4.69) is 11.9 Å². The fourth-order valence-electron chi connectivity index (χ4n) is 1.34. The van der Waals surface area contributed by atoms with Gasteiger partial charge in [-0.15, -0.1) is 0 Å². The van der Waals surface area contributed by atoms with Gasteiger partial charge < -0.3 is 22.5 Å². The largest absolute Gasteiger partial charge is 0.380 e. The molecular formula is C8H10N4O3. The lowest BCUT2D eigenvalue weighted by atomic mass is 9.82. The van der Waals surface area contributed by atoms with Crippen LogP contribution in [-0.2, 0) is 14.4 Å². The zero-order chi connectivity index (χ0) is 11.6. The first-order valence-electron chi connectivity index (χ1n) is 4.04. The molecule has 15 heavy (non-hydrogen) atoms. The molecule has 2 unspecified atom stereocenters. The fraction of sp³-hybridized carbons (Fsp3) is 0.250. The maximum Gasteiger partial charge on any atom is 0.246 e. The molecule has 1 rings (SSSR count). The predicted molar refractivity (Wildman–Crippen MR) is 49.0 cm³/mol. The molecule has 7 nitrogen and oxygen atoms in total. The number of nitrogens with two attached hydrogens (primary N) is 3. The molecule has 3 amide bonds. The van der Waals surface area contributed by atoms with E-state index in [1.54, 1.807) is 0 Å². The Morgan fingerprint density at radius 2 is 1.80 bits per heavy atom. The average Bonchev–Trinajstić information content (AvgIpc) is 2.16. The highest BCUT2D eigenvalue weighted by Crippen LogP contribution is 2.25. The normalized spacial score (nSPS) is 24.9. The third-order valence-electron chi connectivity index (χ3n) is 2.03. The van der Waals surface area contributed by atoms with Crippen LogP contribution in [0.5, 0.6) is 0 Å². The van der Waals surface area contributed by atoms with Crippen LogP contribution >= 0.6 is 0 Å². The lowest BCUT2D eigenvalue weighted by Crippen LogP contribution is -2.46. The van der Waals surface area contributed by atoms with Crippen LogP contribution in [0.4, 0.5) is 0 Å². The van der Waals surface area contributed by atoms with Crippen molar-refractivity contribution in [3.63, 3.8) is 0 Å². The number of amides is 3. The molecule has 0 spiro atoms. The van der Waals surface area contributed by atoms with Crippen molar-refractivity contribution in [2.24, 2.45) is 29.0 Å². The van der Waals surface area contributed by atoms with Crippen LogP contribution in [-0.4, -0.2) is 17.7 Å². The van der Waals surface area contributed by atoms with Gasteiger partial charge in [0.2, 0.25) is 17.7 Å². The first kappa shape index (κ1) is 11.0. The van der Waals surface area contributed by atoms with Crippen LogP contribution < -0.4 is 22.5 Å². The van der Waals surface area contributed by atoms with Crippen LogP contribution in [0.25, 0.3) is 0 Å². The van der Waals surface area contributed by atoms with Crippen molar-refractivity contribution in [1.29, 1.82) is 0 Å². The topological polar surface area (TPSA) is 141 Å². The summed E-state index contributed by atoms with van der Waals surface area (Å²) in [6.07, 6.45) is 1.18. The molecule has 0 aliphatic carbocycles. The maximum atomic E-state index is 11.1. The second-order valence-corrected chi connectivity index (χ2v) is 3.01. The molecule has 0 bridgehead atoms. The SMILES string of the molecule is NC(=O)C1=CN[C]C(C(N)=O)C1C(N)=O. The van der Waals surface area contributed by atoms with Crippen LogP contribution in [0.15, 0.2) is 11.8 Å². The summed E-state index contributed by atoms with van der Waals surface area (Å²) in [5, 5.41) is 2.41. The molecule has 1 aliphatic rings. The van der Waals surface area contributed by atoms with Gasteiger partial charge in [0.25, 0.3) is 0 Å². The summed E-state index contributed by atoms with van der Waals surface area (Å²) in [6, 6.07) is 0. The Morgan fingerprint density at radius 3 is 2.20 bits per heavy atom. The van der Waals surface area contributed by atoms with Crippen molar-refractivity contribution in [2.75, 3.05) is 0 Å². The second kappa shape index (κ2) is 3.99. The van der Waals surface area contributed by atoms with Crippen LogP contribution in [0.2, 0.25) is 0 Å². The molecule has 0 aromatic carbocycles. The molecule has 0 aromatic rings. The maximum absolute atomic E-state index is 11.1. The lowest BCUT2D eigenvalue weighted by Gasteiger charge is -2.26. The summed E-state index contributed by atoms with van der Waals surface area (Å²) < 4.78 is 0. The van der Waals surface area contributed by atoms with E-state index in [0.29, 0.717) is 0 Å². The highest BCUT2D eigenvalue weighted by atomic mass is 16.2. The fourth-order valence-corrected chi connectivity index (χ4v) is 1.34. The smallest absolute Gasteiger partial charge is 0.246 e. The van der Waals surface area contributed by atoms with Gasteiger partial charge in [0, 0.05) is 11.8 Å². The molecule has 0 aromatic heterocycles. The van der Waals surface area contributed by atoms with Crippen LogP contribution in [0.3, 0.4) is 0 Å². The van der Waals surface area contributed by atoms with E-state index in [1.807, 2.05) is 0 Å². The van der Waals surface area contributed by atoms with E-state index in [0.717, 1.165) is 0 Å². The zero-order valence-electron chi connectivity index (χ0n) is 7.69. The lowest BCUT2D eigenvalue weighted by molar-refractivity contribution is -0.130. The highest BCUT2D eigenvalue weighted by molar-refractivity contribution is 6.01. The van der Waals surface area contributed by atoms with E-state index in [9.17, 15) is 14.4 Å². The molecule has 1 aliphatic heterocycles. The Morgan fingerprint density at radius 1 is 1.20 bits per heavy atom. The van der Waals surface area contributed by atoms with Gasteiger partial charge in [-0.2, -0.15) is 0 Å². The Kier molecular flexibility index (Phi) is 2.93. The Labute approximate surface area is 85.7 Å². The number of hydrogen-bond donors (Lipinski definition) is 4. The molecule has 0 saturated heterocycles. The van der Waals surface area contributed by atoms with Gasteiger partial charge in [0.05, 0.1) is 11.8 Å². The van der Waals surface area contributed by atoms with Gasteiger partial charge in [-0.05, 0) is 0 Å². The first-order chi connectivity index (χ1) is 6.95. The molecule has 2 radical (unpaired) electrons. The van der Waals surface area contributed by atoms with Crippen LogP contribution in [0.1, 0.15) is 0 Å². The van der Waals surface area contributed by atoms with Gasteiger partial charge >= 0.3 is 0 Å². The van der Waals surface area contributed by atoms with Crippen molar-refractivity contribution in [1.82, 2.24) is 5.32 Å². The van der Waals surface area contributed by atoms with E-state index in [1.165, 1.54) is 6.20 Å². The molecule has 0 saturated carbocycles. The molecule has 80 valence electrons. The van der Waals surface area contributed by atoms with Crippen molar-refractivity contribution in [3.8, 4) is 0 Å². The average molecular weight is 210 g/mol. The van der Waals surface area contributed by atoms with E-state index in [4.69, 9.17) is 17.2 Å². The standard InChI is InChI=1S/C8H10N4O3/c9-6(13)3-1-12-2-4(7(10)14)5(3)8(11)15/h1,4-5,12H,(H2,9,13)(H2,10,14)(H2,11,15). The molecule has 7 N–H and O–H groups in total. The summed E-state index contributed by atoms with van der Waals surface area (Å²) in [5.41, 5.74) is 15.0. The monoisotopic (exact) mass is 210 g/mol. The minimum Gasteiger partial charge on any atom is -0.380 e. The van der Waals surface area contributed by atoms with Crippen molar-refractivity contribution >= 4 is 17.7 Å². The van der Waals surface area contributed by atoms with Crippen molar-refractivity contribution in [3.05, 3.63) is 18.3 Å². The van der Waals surface area contributed by atoms with Gasteiger partial charge in [-0.3, -0.25) is 14.4 Å². The van der Waals surface area contributed by atoms with Gasteiger partial charge in [0.15, 0.2) is 0 Å². The molecular weight excluding hydrogens is 200 g/mol. The molecule has 0 fully saturated rings. The summed E-state index contributed by atoms with van der Waals surface area (Å²) >= 11 is 0. The number of carbonyl (C=O) groups excluding carboxylic acids is 3. The number of carbonyl (C=O) groups is 3. The van der Waals surface area contributed by atoms with E-state index >= 15 is 0 Å². The third-order valence-corrected chi connectivity index (χ3v) is 2.03. The van der Waals surface area contributed by atoms with Gasteiger partial charge in [-0.1, -0.05) is 0 Å². The Balaban J connectivity index is 3.08. The van der Waals surface area contributed by atoms with Crippen molar-refractivity contribution < 1.29 is 14.4 Å². The minimum absolute atomic E-state index is 0.0787. The minimum atomic E-state index is -1.15. The molecule has 1 heterocycles. The van der Waals surface area contributed by atoms with Gasteiger partial charge in [0.1, 0.15) is 6.54 Å². The summed E-state index contributed by atoms with van der Waals surface area (Å²) in [7, 11) is 0. The summed E-state index contributed by atoms with van der Waals surface area (Å²) in [5.74, 6) is -4.73. The summed E-state index contributed by atoms with van der Waals surface area (Å²) in [4.78, 5) is 33.0. The highest BCUT2D eigenvalue weighted by Gasteiger charge is 2.39. The Bertz CT molecular complexity index is 350. The van der Waals surface area contributed by atoms with Crippen molar-refractivity contribution in [2.45, 2.75) is 0 Å². The number of primary amides is 3. The van der Waals surface area contributed by atoms with Crippen LogP contribution in [0, 0.1) is 18.4 Å². The molecule has 2 atom stereocenters. The first-order valence-corrected chi connectivity index (χ1v) is 4.04. The number of hydrogen-bond acceptors (Lipinski definition) is 4. The Hall–Kier alpha value is -2.05. The number of nitrogens with one attached hydrogen (secondary N) is 1. The summed E-state index contributed by atoms with van der Waals surface area (Å²) in [6.45, 7) is 2.43. The third kappa shape index (κ3) is 2.06. The number of rotatable bonds is 3. The quantitative estimate of drug-likeness (QED) is 0.399. The molecule has 7 heteroatoms. The van der Waals surface area contributed by atoms with Gasteiger partial charge in [-0.25, -0.2) is 0 Å². The predicted octanol–water partition coefficient (Wildman–Crippen LogP) is -2.80. The van der Waals surface area contributed by atoms with E-state index in [-0.39, 0.29) is 5.57 Å². The van der Waals surface area contributed by atoms with E-state index < -0.39 is 29.6 Å².